The molecule has 0 saturated heterocycles. The highest BCUT2D eigenvalue weighted by molar-refractivity contribution is 7.89. The van der Waals surface area contributed by atoms with Gasteiger partial charge < -0.3 is 14.5 Å². The van der Waals surface area contributed by atoms with Gasteiger partial charge >= 0.3 is 11.8 Å². The predicted octanol–water partition coefficient (Wildman–Crippen LogP) is 5.47. The molecule has 0 aliphatic heterocycles. The maximum atomic E-state index is 13.5. The maximum absolute atomic E-state index is 13.5. The number of carbonyl (C=O) groups is 2. The van der Waals surface area contributed by atoms with E-state index in [0.29, 0.717) is 33.8 Å². The van der Waals surface area contributed by atoms with Crippen LogP contribution in [0.15, 0.2) is 99.3 Å². The smallest absolute Gasteiger partial charge is 0.329 e. The van der Waals surface area contributed by atoms with Gasteiger partial charge in [-0.1, -0.05) is 35.3 Å². The van der Waals surface area contributed by atoms with E-state index in [4.69, 9.17) is 32.4 Å². The first kappa shape index (κ1) is 30.8. The zero-order chi connectivity index (χ0) is 30.1. The molecule has 1 aromatic heterocycles. The molecule has 2 amide bonds. The summed E-state index contributed by atoms with van der Waals surface area (Å²) in [4.78, 5) is 24.4. The van der Waals surface area contributed by atoms with Gasteiger partial charge in [0.25, 0.3) is 0 Å². The number of anilines is 1. The van der Waals surface area contributed by atoms with Crippen molar-refractivity contribution >= 4 is 56.9 Å². The molecule has 0 radical (unpaired) electrons. The second-order valence-electron chi connectivity index (χ2n) is 8.77. The highest BCUT2D eigenvalue weighted by Crippen LogP contribution is 2.24. The van der Waals surface area contributed by atoms with Gasteiger partial charge in [-0.15, -0.1) is 0 Å². The van der Waals surface area contributed by atoms with Gasteiger partial charge in [0, 0.05) is 22.3 Å². The number of hydrazone groups is 1. The van der Waals surface area contributed by atoms with Crippen molar-refractivity contribution in [2.45, 2.75) is 24.9 Å². The third-order valence-electron chi connectivity index (χ3n) is 5.73. The van der Waals surface area contributed by atoms with E-state index in [-0.39, 0.29) is 23.7 Å². The number of nitrogens with one attached hydrogen (secondary N) is 2. The Balaban J connectivity index is 1.41. The second-order valence-corrected chi connectivity index (χ2v) is 11.6. The number of amides is 2. The van der Waals surface area contributed by atoms with Crippen LogP contribution in [0.3, 0.4) is 0 Å². The van der Waals surface area contributed by atoms with Crippen LogP contribution >= 0.6 is 23.2 Å². The first-order valence-corrected chi connectivity index (χ1v) is 14.8. The van der Waals surface area contributed by atoms with Gasteiger partial charge in [-0.2, -0.15) is 9.41 Å². The topological polar surface area (TPSA) is 130 Å². The highest BCUT2D eigenvalue weighted by Gasteiger charge is 2.26. The van der Waals surface area contributed by atoms with Crippen LogP contribution in [0.4, 0.5) is 5.69 Å². The van der Waals surface area contributed by atoms with Crippen LogP contribution in [0.25, 0.3) is 0 Å². The number of benzene rings is 3. The van der Waals surface area contributed by atoms with E-state index in [2.05, 4.69) is 15.8 Å². The number of halogens is 2. The van der Waals surface area contributed by atoms with Crippen molar-refractivity contribution in [1.82, 2.24) is 9.73 Å². The maximum Gasteiger partial charge on any atom is 0.329 e. The molecule has 2 N–H and O–H groups in total. The van der Waals surface area contributed by atoms with Crippen molar-refractivity contribution in [3.05, 3.63) is 112 Å². The predicted molar refractivity (Wildman–Crippen MR) is 160 cm³/mol. The molecule has 13 heteroatoms. The minimum atomic E-state index is -3.94. The lowest BCUT2D eigenvalue weighted by Gasteiger charge is -2.21. The van der Waals surface area contributed by atoms with Crippen LogP contribution < -0.4 is 15.5 Å². The number of rotatable bonds is 11. The first-order valence-electron chi connectivity index (χ1n) is 12.6. The SMILES string of the molecule is CCOc1ccc(NC(=O)C(=O)N/N=C/c2ccc(CN(Cc3ccc(Cl)cc3)S(=O)(=O)c3ccc(Cl)cc3)o2)cc1. The van der Waals surface area contributed by atoms with E-state index < -0.39 is 21.8 Å². The van der Waals surface area contributed by atoms with E-state index in [1.54, 1.807) is 60.7 Å². The van der Waals surface area contributed by atoms with E-state index in [1.165, 1.54) is 34.8 Å². The molecule has 10 nitrogen and oxygen atoms in total. The van der Waals surface area contributed by atoms with Crippen LogP contribution in [-0.4, -0.2) is 37.4 Å². The zero-order valence-corrected chi connectivity index (χ0v) is 24.6. The molecule has 4 rings (SSSR count). The van der Waals surface area contributed by atoms with Crippen LogP contribution in [0.1, 0.15) is 24.0 Å². The van der Waals surface area contributed by atoms with Crippen LogP contribution in [0.5, 0.6) is 5.75 Å². The summed E-state index contributed by atoms with van der Waals surface area (Å²) >= 11 is 11.9. The molecule has 3 aromatic carbocycles. The Bertz CT molecular complexity index is 1660. The van der Waals surface area contributed by atoms with Crippen LogP contribution in [0.2, 0.25) is 10.0 Å². The second kappa shape index (κ2) is 14.1. The molecular formula is C29H26Cl2N4O6S. The molecule has 1 heterocycles. The average Bonchev–Trinajstić information content (AvgIpc) is 3.42. The molecule has 0 fully saturated rings. The summed E-state index contributed by atoms with van der Waals surface area (Å²) in [5.41, 5.74) is 3.26. The average molecular weight is 630 g/mol. The molecule has 0 spiro atoms. The fourth-order valence-corrected chi connectivity index (χ4v) is 5.34. The molecule has 0 saturated carbocycles. The number of hydrogen-bond acceptors (Lipinski definition) is 7. The van der Waals surface area contributed by atoms with Crippen molar-refractivity contribution < 1.29 is 27.2 Å². The molecule has 0 aliphatic rings. The molecule has 218 valence electrons. The summed E-state index contributed by atoms with van der Waals surface area (Å²) in [6.07, 6.45) is 1.20. The van der Waals surface area contributed by atoms with Gasteiger partial charge in [0.05, 0.1) is 24.3 Å². The van der Waals surface area contributed by atoms with Crippen LogP contribution in [0, 0.1) is 0 Å². The lowest BCUT2D eigenvalue weighted by atomic mass is 10.2. The van der Waals surface area contributed by atoms with Gasteiger partial charge in [0.15, 0.2) is 0 Å². The van der Waals surface area contributed by atoms with Gasteiger partial charge in [0.2, 0.25) is 10.0 Å². The van der Waals surface area contributed by atoms with Crippen molar-refractivity contribution in [1.29, 1.82) is 0 Å². The Morgan fingerprint density at radius 2 is 1.52 bits per heavy atom. The van der Waals surface area contributed by atoms with Gasteiger partial charge in [-0.05, 0) is 85.3 Å². The third-order valence-corrected chi connectivity index (χ3v) is 8.04. The Morgan fingerprint density at radius 1 is 0.881 bits per heavy atom. The molecule has 0 aliphatic carbocycles. The fraction of sp³-hybridized carbons (Fsp3) is 0.138. The minimum Gasteiger partial charge on any atom is -0.494 e. The largest absolute Gasteiger partial charge is 0.494 e. The standard InChI is InChI=1S/C29H26Cl2N4O6S/c1-2-40-24-11-9-23(10-12-24)33-28(36)29(37)34-32-17-25-13-14-26(41-25)19-35(18-20-3-5-21(30)6-4-20)42(38,39)27-15-7-22(31)8-16-27/h3-17H,2,18-19H2,1H3,(H,33,36)(H,34,37)/b32-17+. The minimum absolute atomic E-state index is 0.0474. The number of nitrogens with zero attached hydrogens (tertiary/aromatic N) is 2. The quantitative estimate of drug-likeness (QED) is 0.129. The van der Waals surface area contributed by atoms with E-state index in [0.717, 1.165) is 5.56 Å². The Kier molecular flexibility index (Phi) is 10.4. The molecule has 42 heavy (non-hydrogen) atoms. The van der Waals surface area contributed by atoms with Crippen molar-refractivity contribution in [3.8, 4) is 5.75 Å². The Morgan fingerprint density at radius 3 is 2.17 bits per heavy atom. The zero-order valence-electron chi connectivity index (χ0n) is 22.3. The molecule has 4 aromatic rings. The molecule has 0 bridgehead atoms. The Hall–Kier alpha value is -4.16. The highest BCUT2D eigenvalue weighted by atomic mass is 35.5. The summed E-state index contributed by atoms with van der Waals surface area (Å²) < 4.78 is 39.3. The summed E-state index contributed by atoms with van der Waals surface area (Å²) in [5.74, 6) is -0.718. The molecule has 0 atom stereocenters. The third kappa shape index (κ3) is 8.43. The summed E-state index contributed by atoms with van der Waals surface area (Å²) in [5, 5.41) is 7.16. The summed E-state index contributed by atoms with van der Waals surface area (Å²) in [7, 11) is -3.94. The number of carbonyl (C=O) groups excluding carboxylic acids is 2. The normalized spacial score (nSPS) is 11.5. The molecule has 0 unspecified atom stereocenters. The fourth-order valence-electron chi connectivity index (χ4n) is 3.69. The van der Waals surface area contributed by atoms with Gasteiger partial charge in [-0.25, -0.2) is 13.8 Å². The van der Waals surface area contributed by atoms with Crippen molar-refractivity contribution in [2.24, 2.45) is 5.10 Å². The van der Waals surface area contributed by atoms with Crippen molar-refractivity contribution in [3.63, 3.8) is 0 Å². The lowest BCUT2D eigenvalue weighted by molar-refractivity contribution is -0.136. The number of sulfonamides is 1. The number of furan rings is 1. The van der Waals surface area contributed by atoms with E-state index in [9.17, 15) is 18.0 Å². The lowest BCUT2D eigenvalue weighted by Crippen LogP contribution is -2.32. The number of hydrogen-bond donors (Lipinski definition) is 2. The van der Waals surface area contributed by atoms with E-state index in [1.807, 2.05) is 6.92 Å². The summed E-state index contributed by atoms with van der Waals surface area (Å²) in [6.45, 7) is 2.31. The summed E-state index contributed by atoms with van der Waals surface area (Å²) in [6, 6.07) is 22.4. The first-order chi connectivity index (χ1) is 20.1. The molecular weight excluding hydrogens is 603 g/mol. The Labute approximate surface area is 252 Å². The van der Waals surface area contributed by atoms with Crippen LogP contribution in [-0.2, 0) is 32.7 Å². The van der Waals surface area contributed by atoms with Gasteiger partial charge in [-0.3, -0.25) is 9.59 Å². The van der Waals surface area contributed by atoms with E-state index >= 15 is 0 Å². The monoisotopic (exact) mass is 628 g/mol. The van der Waals surface area contributed by atoms with Gasteiger partial charge in [0.1, 0.15) is 17.3 Å². The van der Waals surface area contributed by atoms with Crippen molar-refractivity contribution in [2.75, 3.05) is 11.9 Å². The number of ether oxygens (including phenoxy) is 1.